The molecule has 0 bridgehead atoms. The highest BCUT2D eigenvalue weighted by molar-refractivity contribution is 5.73. The van der Waals surface area contributed by atoms with Crippen LogP contribution in [-0.2, 0) is 33.2 Å². The van der Waals surface area contributed by atoms with Crippen molar-refractivity contribution in [3.05, 3.63) is 0 Å². The van der Waals surface area contributed by atoms with Crippen molar-refractivity contribution in [3.63, 3.8) is 0 Å². The summed E-state index contributed by atoms with van der Waals surface area (Å²) in [5.41, 5.74) is -2.37. The van der Waals surface area contributed by atoms with Gasteiger partial charge in [-0.05, 0) is 62.1 Å². The highest BCUT2D eigenvalue weighted by Gasteiger charge is 2.52. The molecule has 0 aromatic rings. The largest absolute Gasteiger partial charge is 0.462 e. The van der Waals surface area contributed by atoms with E-state index < -0.39 is 78.2 Å². The summed E-state index contributed by atoms with van der Waals surface area (Å²) in [4.78, 5) is 15.1. The van der Waals surface area contributed by atoms with Gasteiger partial charge >= 0.3 is 5.97 Å². The topological polar surface area (TPSA) is 136 Å². The number of nitrogens with zero attached hydrogens (tertiary/aromatic N) is 1. The fourth-order valence-electron chi connectivity index (χ4n) is 6.45. The maximum Gasteiger partial charge on any atom is 0.311 e. The van der Waals surface area contributed by atoms with E-state index in [0.717, 1.165) is 0 Å². The van der Waals surface area contributed by atoms with Crippen molar-refractivity contribution >= 4 is 5.97 Å². The van der Waals surface area contributed by atoms with Gasteiger partial charge in [0.25, 0.3) is 0 Å². The lowest BCUT2D eigenvalue weighted by atomic mass is 9.79. The third-order valence-electron chi connectivity index (χ3n) is 8.83. The van der Waals surface area contributed by atoms with Gasteiger partial charge in [-0.2, -0.15) is 0 Å². The van der Waals surface area contributed by atoms with E-state index in [-0.39, 0.29) is 25.0 Å². The molecule has 3 aliphatic rings. The first-order chi connectivity index (χ1) is 18.0. The number of hydrogen-bond donors (Lipinski definition) is 3. The average Bonchev–Trinajstić information content (AvgIpc) is 2.85. The zero-order valence-corrected chi connectivity index (χ0v) is 25.2. The van der Waals surface area contributed by atoms with Gasteiger partial charge in [-0.25, -0.2) is 0 Å². The highest BCUT2D eigenvalue weighted by Crippen LogP contribution is 2.39. The molecule has 0 unspecified atom stereocenters. The molecule has 0 radical (unpaired) electrons. The SMILES string of the molecule is CO[C@]1(C)C[C@H](O[C@H]2[C@H](C)[C@@H](O[C@@H]3O[C@H](C)C[C@H](N(C)C)[C@H]3O)[C@](C)(O)C[C@@H](C)OC(=O)[C@@H]2C)O[C@@H](C)[C@@H]1O. The van der Waals surface area contributed by atoms with Gasteiger partial charge in [-0.1, -0.05) is 6.92 Å². The van der Waals surface area contributed by atoms with Crippen molar-refractivity contribution in [1.82, 2.24) is 4.90 Å². The van der Waals surface area contributed by atoms with Crippen LogP contribution in [0.25, 0.3) is 0 Å². The lowest BCUT2D eigenvalue weighted by Gasteiger charge is -2.48. The minimum atomic E-state index is -1.46. The number of rotatable bonds is 6. The standard InChI is InChI=1S/C28H51NO10/c1-14-11-19(29(8)9)21(30)26(36-14)39-24-16(3)22(17(4)25(32)35-15(2)12-27(24,6)33)38-20-13-28(7,34-10)23(31)18(5)37-20/h14-24,26,30-31,33H,11-13H2,1-10H3/t14-,15-,16+,17-,18+,19+,20+,21-,22+,23+,24-,26+,27-,28-/m1/s1. The van der Waals surface area contributed by atoms with Crippen molar-refractivity contribution < 1.29 is 48.5 Å². The molecular weight excluding hydrogens is 510 g/mol. The van der Waals surface area contributed by atoms with Crippen LogP contribution in [0.15, 0.2) is 0 Å². The van der Waals surface area contributed by atoms with E-state index in [9.17, 15) is 20.1 Å². The molecule has 0 aromatic heterocycles. The van der Waals surface area contributed by atoms with Crippen LogP contribution in [0.2, 0.25) is 0 Å². The van der Waals surface area contributed by atoms with Gasteiger partial charge in [-0.15, -0.1) is 0 Å². The molecule has 228 valence electrons. The summed E-state index contributed by atoms with van der Waals surface area (Å²) in [6, 6.07) is -0.194. The van der Waals surface area contributed by atoms with E-state index in [1.54, 1.807) is 34.6 Å². The maximum atomic E-state index is 13.1. The second-order valence-electron chi connectivity index (χ2n) is 12.6. The van der Waals surface area contributed by atoms with Crippen LogP contribution >= 0.6 is 0 Å². The van der Waals surface area contributed by atoms with Crippen LogP contribution in [0, 0.1) is 11.8 Å². The zero-order valence-electron chi connectivity index (χ0n) is 25.2. The molecule has 0 saturated carbocycles. The van der Waals surface area contributed by atoms with Crippen LogP contribution in [0.4, 0.5) is 0 Å². The minimum absolute atomic E-state index is 0.119. The van der Waals surface area contributed by atoms with Crippen molar-refractivity contribution in [1.29, 1.82) is 0 Å². The van der Waals surface area contributed by atoms with Gasteiger partial charge < -0.3 is 48.6 Å². The lowest BCUT2D eigenvalue weighted by molar-refractivity contribution is -0.316. The van der Waals surface area contributed by atoms with E-state index >= 15 is 0 Å². The number of carbonyl (C=O) groups is 1. The first kappa shape index (κ1) is 32.6. The highest BCUT2D eigenvalue weighted by atomic mass is 16.7. The van der Waals surface area contributed by atoms with Crippen LogP contribution in [0.3, 0.4) is 0 Å². The quantitative estimate of drug-likeness (QED) is 0.407. The molecule has 0 aromatic carbocycles. The van der Waals surface area contributed by atoms with E-state index in [1.165, 1.54) is 7.11 Å². The van der Waals surface area contributed by atoms with Gasteiger partial charge in [-0.3, -0.25) is 4.79 Å². The van der Waals surface area contributed by atoms with Crippen molar-refractivity contribution in [2.45, 2.75) is 140 Å². The molecule has 3 aliphatic heterocycles. The van der Waals surface area contributed by atoms with Crippen molar-refractivity contribution in [2.75, 3.05) is 21.2 Å². The van der Waals surface area contributed by atoms with Crippen LogP contribution < -0.4 is 0 Å². The smallest absolute Gasteiger partial charge is 0.311 e. The molecule has 3 N–H and O–H groups in total. The maximum absolute atomic E-state index is 13.1. The van der Waals surface area contributed by atoms with Gasteiger partial charge in [0, 0.05) is 31.9 Å². The summed E-state index contributed by atoms with van der Waals surface area (Å²) >= 11 is 0. The Kier molecular flexibility index (Phi) is 10.5. The molecule has 3 saturated heterocycles. The number of aliphatic hydroxyl groups is 3. The summed E-state index contributed by atoms with van der Waals surface area (Å²) in [5.74, 6) is -1.74. The monoisotopic (exact) mass is 561 g/mol. The summed E-state index contributed by atoms with van der Waals surface area (Å²) in [6.07, 6.45) is -5.66. The fourth-order valence-corrected chi connectivity index (χ4v) is 6.45. The molecule has 0 amide bonds. The number of aliphatic hydroxyl groups excluding tert-OH is 2. The molecule has 39 heavy (non-hydrogen) atoms. The predicted molar refractivity (Wildman–Crippen MR) is 142 cm³/mol. The first-order valence-electron chi connectivity index (χ1n) is 14.1. The predicted octanol–water partition coefficient (Wildman–Crippen LogP) is 1.44. The van der Waals surface area contributed by atoms with Crippen LogP contribution in [0.5, 0.6) is 0 Å². The average molecular weight is 562 g/mol. The van der Waals surface area contributed by atoms with Crippen molar-refractivity contribution in [3.8, 4) is 0 Å². The number of ether oxygens (including phenoxy) is 6. The molecule has 3 rings (SSSR count). The summed E-state index contributed by atoms with van der Waals surface area (Å²) in [5, 5.41) is 33.6. The van der Waals surface area contributed by atoms with E-state index in [0.29, 0.717) is 6.42 Å². The molecule has 11 heteroatoms. The Morgan fingerprint density at radius 2 is 1.62 bits per heavy atom. The van der Waals surface area contributed by atoms with E-state index in [4.69, 9.17) is 28.4 Å². The Morgan fingerprint density at radius 3 is 2.21 bits per heavy atom. The Labute approximate surface area is 233 Å². The molecule has 0 aliphatic carbocycles. The number of esters is 1. The van der Waals surface area contributed by atoms with Gasteiger partial charge in [0.1, 0.15) is 18.3 Å². The first-order valence-corrected chi connectivity index (χ1v) is 14.1. The fraction of sp³-hybridized carbons (Fsp3) is 0.964. The molecule has 3 fully saturated rings. The second-order valence-corrected chi connectivity index (χ2v) is 12.6. The van der Waals surface area contributed by atoms with Gasteiger partial charge in [0.05, 0.1) is 41.5 Å². The Hall–Kier alpha value is -0.890. The molecule has 14 atom stereocenters. The van der Waals surface area contributed by atoms with Crippen LogP contribution in [-0.4, -0.2) is 120 Å². The van der Waals surface area contributed by atoms with Gasteiger partial charge in [0.15, 0.2) is 12.6 Å². The minimum Gasteiger partial charge on any atom is -0.462 e. The molecule has 3 heterocycles. The number of methoxy groups -OCH3 is 1. The molecule has 0 spiro atoms. The summed E-state index contributed by atoms with van der Waals surface area (Å²) in [7, 11) is 5.32. The number of carbonyl (C=O) groups excluding carboxylic acids is 1. The number of cyclic esters (lactones) is 1. The Balaban J connectivity index is 1.95. The normalized spacial score (nSPS) is 50.2. The van der Waals surface area contributed by atoms with Gasteiger partial charge in [0.2, 0.25) is 0 Å². The third-order valence-corrected chi connectivity index (χ3v) is 8.83. The summed E-state index contributed by atoms with van der Waals surface area (Å²) in [6.45, 7) is 12.4. The molecular formula is C28H51NO10. The third kappa shape index (κ3) is 7.13. The lowest BCUT2D eigenvalue weighted by Crippen LogP contribution is -2.60. The Morgan fingerprint density at radius 1 is 0.974 bits per heavy atom. The second kappa shape index (κ2) is 12.5. The summed E-state index contributed by atoms with van der Waals surface area (Å²) < 4.78 is 36.3. The number of hydrogen-bond acceptors (Lipinski definition) is 11. The van der Waals surface area contributed by atoms with E-state index in [2.05, 4.69) is 0 Å². The zero-order chi connectivity index (χ0) is 29.4. The van der Waals surface area contributed by atoms with Crippen LogP contribution in [0.1, 0.15) is 67.7 Å². The van der Waals surface area contributed by atoms with E-state index in [1.807, 2.05) is 32.8 Å². The molecule has 11 nitrogen and oxygen atoms in total. The van der Waals surface area contributed by atoms with Crippen molar-refractivity contribution in [2.24, 2.45) is 11.8 Å². The Bertz CT molecular complexity index is 826. The number of likely N-dealkylation sites (N-methyl/N-ethyl adjacent to an activating group) is 1.